The number of hydrogen-bond donors (Lipinski definition) is 1. The zero-order chi connectivity index (χ0) is 15.2. The van der Waals surface area contributed by atoms with E-state index in [0.29, 0.717) is 0 Å². The third-order valence-electron chi connectivity index (χ3n) is 3.32. The van der Waals surface area contributed by atoms with Crippen LogP contribution in [-0.4, -0.2) is 13.2 Å². The van der Waals surface area contributed by atoms with E-state index in [1.165, 1.54) is 15.4 Å². The van der Waals surface area contributed by atoms with Crippen LogP contribution in [-0.2, 0) is 6.42 Å². The van der Waals surface area contributed by atoms with Crippen LogP contribution in [0.1, 0.15) is 18.9 Å². The average molecular weight is 366 g/mol. The summed E-state index contributed by atoms with van der Waals surface area (Å²) in [6.45, 7) is 2.12. The second-order valence-corrected chi connectivity index (χ2v) is 6.93. The largest absolute Gasteiger partial charge is 0.497 e. The summed E-state index contributed by atoms with van der Waals surface area (Å²) in [5, 5.41) is 0. The average Bonchev–Trinajstić information content (AvgIpc) is 2.50. The van der Waals surface area contributed by atoms with Gasteiger partial charge < -0.3 is 10.5 Å². The molecule has 21 heavy (non-hydrogen) atoms. The highest BCUT2D eigenvalue weighted by molar-refractivity contribution is 9.10. The maximum absolute atomic E-state index is 6.11. The van der Waals surface area contributed by atoms with Crippen LogP contribution in [0.15, 0.2) is 56.7 Å². The predicted octanol–water partition coefficient (Wildman–Crippen LogP) is 4.89. The molecular weight excluding hydrogens is 346 g/mol. The van der Waals surface area contributed by atoms with E-state index in [0.717, 1.165) is 23.1 Å². The molecule has 0 aliphatic heterocycles. The van der Waals surface area contributed by atoms with Crippen molar-refractivity contribution < 1.29 is 4.74 Å². The maximum atomic E-state index is 6.11. The SMILES string of the molecule is CCC(N)Cc1cc(Br)ccc1Sc1ccc(OC)cc1. The highest BCUT2D eigenvalue weighted by Gasteiger charge is 2.09. The lowest BCUT2D eigenvalue weighted by atomic mass is 10.1. The number of nitrogens with two attached hydrogens (primary N) is 1. The van der Waals surface area contributed by atoms with Gasteiger partial charge >= 0.3 is 0 Å². The molecule has 2 rings (SSSR count). The molecule has 0 aliphatic carbocycles. The van der Waals surface area contributed by atoms with Gasteiger partial charge in [-0.3, -0.25) is 0 Å². The van der Waals surface area contributed by atoms with Gasteiger partial charge in [-0.2, -0.15) is 0 Å². The Morgan fingerprint density at radius 3 is 2.52 bits per heavy atom. The summed E-state index contributed by atoms with van der Waals surface area (Å²) in [5.41, 5.74) is 7.41. The van der Waals surface area contributed by atoms with E-state index in [4.69, 9.17) is 10.5 Å². The highest BCUT2D eigenvalue weighted by atomic mass is 79.9. The minimum absolute atomic E-state index is 0.203. The predicted molar refractivity (Wildman–Crippen MR) is 93.2 cm³/mol. The molecule has 0 radical (unpaired) electrons. The summed E-state index contributed by atoms with van der Waals surface area (Å²) in [6, 6.07) is 14.7. The summed E-state index contributed by atoms with van der Waals surface area (Å²) in [5.74, 6) is 0.878. The van der Waals surface area contributed by atoms with Crippen molar-refractivity contribution in [2.24, 2.45) is 5.73 Å². The molecule has 0 amide bonds. The van der Waals surface area contributed by atoms with Crippen LogP contribution in [0.25, 0.3) is 0 Å². The Kier molecular flexibility index (Phi) is 6.15. The van der Waals surface area contributed by atoms with Crippen molar-refractivity contribution in [3.05, 3.63) is 52.5 Å². The normalized spacial score (nSPS) is 12.2. The number of ether oxygens (including phenoxy) is 1. The van der Waals surface area contributed by atoms with Gasteiger partial charge in [0.15, 0.2) is 0 Å². The number of methoxy groups -OCH3 is 1. The summed E-state index contributed by atoms with van der Waals surface area (Å²) >= 11 is 5.31. The molecule has 2 nitrogen and oxygen atoms in total. The fourth-order valence-electron chi connectivity index (χ4n) is 2.00. The molecule has 2 aromatic rings. The first-order valence-corrected chi connectivity index (χ1v) is 8.59. The van der Waals surface area contributed by atoms with E-state index in [-0.39, 0.29) is 6.04 Å². The van der Waals surface area contributed by atoms with Crippen LogP contribution >= 0.6 is 27.7 Å². The van der Waals surface area contributed by atoms with E-state index in [2.05, 4.69) is 53.2 Å². The van der Waals surface area contributed by atoms with Crippen LogP contribution in [0.5, 0.6) is 5.75 Å². The highest BCUT2D eigenvalue weighted by Crippen LogP contribution is 2.33. The van der Waals surface area contributed by atoms with Gasteiger partial charge in [0.1, 0.15) is 5.75 Å². The molecule has 0 saturated carbocycles. The van der Waals surface area contributed by atoms with E-state index in [1.807, 2.05) is 12.1 Å². The first-order chi connectivity index (χ1) is 10.1. The minimum atomic E-state index is 0.203. The van der Waals surface area contributed by atoms with Gasteiger partial charge in [-0.25, -0.2) is 0 Å². The Morgan fingerprint density at radius 1 is 1.19 bits per heavy atom. The molecule has 1 unspecified atom stereocenters. The van der Waals surface area contributed by atoms with E-state index in [9.17, 15) is 0 Å². The standard InChI is InChI=1S/C17H20BrNOS/c1-3-14(19)11-12-10-13(18)4-9-17(12)21-16-7-5-15(20-2)6-8-16/h4-10,14H,3,11,19H2,1-2H3. The Bertz CT molecular complexity index is 586. The van der Waals surface area contributed by atoms with Gasteiger partial charge in [0, 0.05) is 20.3 Å². The lowest BCUT2D eigenvalue weighted by Crippen LogP contribution is -2.21. The molecule has 0 bridgehead atoms. The Labute approximate surface area is 139 Å². The fraction of sp³-hybridized carbons (Fsp3) is 0.294. The first kappa shape index (κ1) is 16.4. The summed E-state index contributed by atoms with van der Waals surface area (Å²) < 4.78 is 6.29. The van der Waals surface area contributed by atoms with Crippen LogP contribution < -0.4 is 10.5 Å². The molecular formula is C17H20BrNOS. The second-order valence-electron chi connectivity index (χ2n) is 4.90. The Hall–Kier alpha value is -0.970. The molecule has 112 valence electrons. The monoisotopic (exact) mass is 365 g/mol. The third-order valence-corrected chi connectivity index (χ3v) is 4.94. The lowest BCUT2D eigenvalue weighted by molar-refractivity contribution is 0.414. The molecule has 4 heteroatoms. The lowest BCUT2D eigenvalue weighted by Gasteiger charge is -2.14. The third kappa shape index (κ3) is 4.77. The van der Waals surface area contributed by atoms with Gasteiger partial charge in [-0.05, 0) is 60.9 Å². The van der Waals surface area contributed by atoms with Crippen molar-refractivity contribution in [1.82, 2.24) is 0 Å². The Balaban J connectivity index is 2.21. The quantitative estimate of drug-likeness (QED) is 0.791. The number of rotatable bonds is 6. The zero-order valence-electron chi connectivity index (χ0n) is 12.3. The first-order valence-electron chi connectivity index (χ1n) is 6.98. The molecule has 0 heterocycles. The number of halogens is 1. The van der Waals surface area contributed by atoms with Crippen molar-refractivity contribution in [2.75, 3.05) is 7.11 Å². The van der Waals surface area contributed by atoms with Gasteiger partial charge in [0.2, 0.25) is 0 Å². The molecule has 0 fully saturated rings. The molecule has 2 N–H and O–H groups in total. The minimum Gasteiger partial charge on any atom is -0.497 e. The van der Waals surface area contributed by atoms with Gasteiger partial charge in [-0.15, -0.1) is 0 Å². The Morgan fingerprint density at radius 2 is 1.90 bits per heavy atom. The maximum Gasteiger partial charge on any atom is 0.118 e. The van der Waals surface area contributed by atoms with Crippen molar-refractivity contribution >= 4 is 27.7 Å². The second kappa shape index (κ2) is 7.87. The van der Waals surface area contributed by atoms with E-state index < -0.39 is 0 Å². The molecule has 1 atom stereocenters. The number of benzene rings is 2. The summed E-state index contributed by atoms with van der Waals surface area (Å²) in [7, 11) is 1.68. The van der Waals surface area contributed by atoms with Gasteiger partial charge in [0.05, 0.1) is 7.11 Å². The summed E-state index contributed by atoms with van der Waals surface area (Å²) in [6.07, 6.45) is 1.88. The van der Waals surface area contributed by atoms with Crippen molar-refractivity contribution in [3.8, 4) is 5.75 Å². The van der Waals surface area contributed by atoms with Crippen molar-refractivity contribution in [1.29, 1.82) is 0 Å². The van der Waals surface area contributed by atoms with Crippen molar-refractivity contribution in [3.63, 3.8) is 0 Å². The molecule has 0 spiro atoms. The van der Waals surface area contributed by atoms with Crippen LogP contribution in [0.2, 0.25) is 0 Å². The topological polar surface area (TPSA) is 35.2 Å². The molecule has 0 aliphatic rings. The van der Waals surface area contributed by atoms with Crippen LogP contribution in [0, 0.1) is 0 Å². The zero-order valence-corrected chi connectivity index (χ0v) is 14.7. The van der Waals surface area contributed by atoms with Gasteiger partial charge in [-0.1, -0.05) is 34.6 Å². The van der Waals surface area contributed by atoms with Gasteiger partial charge in [0.25, 0.3) is 0 Å². The van der Waals surface area contributed by atoms with Crippen LogP contribution in [0.3, 0.4) is 0 Å². The molecule has 2 aromatic carbocycles. The number of hydrogen-bond acceptors (Lipinski definition) is 3. The van der Waals surface area contributed by atoms with Crippen molar-refractivity contribution in [2.45, 2.75) is 35.6 Å². The molecule has 0 saturated heterocycles. The smallest absolute Gasteiger partial charge is 0.118 e. The van der Waals surface area contributed by atoms with E-state index >= 15 is 0 Å². The summed E-state index contributed by atoms with van der Waals surface area (Å²) in [4.78, 5) is 2.46. The fourth-order valence-corrected chi connectivity index (χ4v) is 3.35. The van der Waals surface area contributed by atoms with Crippen LogP contribution in [0.4, 0.5) is 0 Å². The molecule has 0 aromatic heterocycles. The van der Waals surface area contributed by atoms with E-state index in [1.54, 1.807) is 18.9 Å².